The van der Waals surface area contributed by atoms with Gasteiger partial charge in [-0.05, 0) is 38.2 Å². The molecule has 6 heteroatoms. The second-order valence-corrected chi connectivity index (χ2v) is 6.96. The van der Waals surface area contributed by atoms with Crippen LogP contribution in [-0.4, -0.2) is 46.8 Å². The quantitative estimate of drug-likeness (QED) is 0.853. The minimum Gasteiger partial charge on any atom is -0.338 e. The number of nitrogens with one attached hydrogen (secondary N) is 1. The summed E-state index contributed by atoms with van der Waals surface area (Å²) in [5, 5.41) is 2.75. The van der Waals surface area contributed by atoms with Crippen molar-refractivity contribution in [1.82, 2.24) is 15.1 Å². The molecule has 0 aromatic heterocycles. The van der Waals surface area contributed by atoms with Gasteiger partial charge in [0.25, 0.3) is 5.91 Å². The number of carbonyl (C=O) groups excluding carboxylic acids is 3. The Bertz CT molecular complexity index is 676. The van der Waals surface area contributed by atoms with Crippen LogP contribution in [0.2, 0.25) is 0 Å². The first-order chi connectivity index (χ1) is 12.0. The molecule has 1 aromatic carbocycles. The largest absolute Gasteiger partial charge is 0.338 e. The Balaban J connectivity index is 1.76. The van der Waals surface area contributed by atoms with E-state index in [4.69, 9.17) is 0 Å². The van der Waals surface area contributed by atoms with E-state index in [-0.39, 0.29) is 24.4 Å². The third-order valence-corrected chi connectivity index (χ3v) is 5.34. The summed E-state index contributed by atoms with van der Waals surface area (Å²) in [6, 6.07) is 8.83. The molecule has 2 fully saturated rings. The third kappa shape index (κ3) is 3.13. The van der Waals surface area contributed by atoms with E-state index >= 15 is 0 Å². The Kier molecular flexibility index (Phi) is 4.79. The first-order valence-corrected chi connectivity index (χ1v) is 8.96. The normalized spacial score (nSPS) is 26.7. The maximum Gasteiger partial charge on any atom is 0.325 e. The molecule has 0 aliphatic carbocycles. The van der Waals surface area contributed by atoms with Crippen molar-refractivity contribution in [3.8, 4) is 0 Å². The number of benzene rings is 1. The number of nitrogens with zero attached hydrogens (tertiary/aromatic N) is 2. The summed E-state index contributed by atoms with van der Waals surface area (Å²) in [7, 11) is 0. The number of imide groups is 1. The van der Waals surface area contributed by atoms with E-state index < -0.39 is 11.6 Å². The molecule has 2 aliphatic rings. The van der Waals surface area contributed by atoms with E-state index in [1.165, 1.54) is 0 Å². The zero-order valence-electron chi connectivity index (χ0n) is 14.8. The minimum atomic E-state index is -1.12. The molecular weight excluding hydrogens is 318 g/mol. The number of piperidine rings is 1. The molecule has 2 atom stereocenters. The monoisotopic (exact) mass is 343 g/mol. The van der Waals surface area contributed by atoms with E-state index in [0.29, 0.717) is 12.1 Å². The van der Waals surface area contributed by atoms with Gasteiger partial charge >= 0.3 is 6.03 Å². The second-order valence-electron chi connectivity index (χ2n) is 6.96. The Morgan fingerprint density at radius 1 is 1.24 bits per heavy atom. The molecule has 1 aromatic rings. The van der Waals surface area contributed by atoms with E-state index in [9.17, 15) is 14.4 Å². The van der Waals surface area contributed by atoms with Crippen molar-refractivity contribution in [2.75, 3.05) is 13.1 Å². The number of hydrogen-bond acceptors (Lipinski definition) is 3. The highest BCUT2D eigenvalue weighted by atomic mass is 16.2. The Morgan fingerprint density at radius 3 is 2.64 bits per heavy atom. The van der Waals surface area contributed by atoms with Crippen molar-refractivity contribution in [2.45, 2.75) is 51.1 Å². The molecule has 0 unspecified atom stereocenters. The zero-order chi connectivity index (χ0) is 18.0. The SMILES string of the molecule is CC[C@@H]1CCCCN1C(=O)CN1C(=O)N[C@@](C)(c2ccccc2)C1=O. The maximum atomic E-state index is 12.9. The first kappa shape index (κ1) is 17.5. The van der Waals surface area contributed by atoms with Crippen molar-refractivity contribution >= 4 is 17.8 Å². The average molecular weight is 343 g/mol. The lowest BCUT2D eigenvalue weighted by atomic mass is 9.92. The van der Waals surface area contributed by atoms with Crippen LogP contribution in [-0.2, 0) is 15.1 Å². The molecule has 3 rings (SSSR count). The van der Waals surface area contributed by atoms with Gasteiger partial charge in [0.05, 0.1) is 0 Å². The van der Waals surface area contributed by atoms with Crippen LogP contribution in [0.25, 0.3) is 0 Å². The van der Waals surface area contributed by atoms with Gasteiger partial charge in [-0.2, -0.15) is 0 Å². The van der Waals surface area contributed by atoms with Crippen LogP contribution >= 0.6 is 0 Å². The molecule has 0 saturated carbocycles. The lowest BCUT2D eigenvalue weighted by Gasteiger charge is -2.36. The smallest absolute Gasteiger partial charge is 0.325 e. The van der Waals surface area contributed by atoms with Gasteiger partial charge in [-0.15, -0.1) is 0 Å². The molecule has 0 radical (unpaired) electrons. The van der Waals surface area contributed by atoms with Gasteiger partial charge in [0.2, 0.25) is 5.91 Å². The summed E-state index contributed by atoms with van der Waals surface area (Å²) in [5.74, 6) is -0.519. The zero-order valence-corrected chi connectivity index (χ0v) is 14.8. The number of carbonyl (C=O) groups is 3. The summed E-state index contributed by atoms with van der Waals surface area (Å²) in [5.41, 5.74) is -0.405. The summed E-state index contributed by atoms with van der Waals surface area (Å²) >= 11 is 0. The van der Waals surface area contributed by atoms with Crippen LogP contribution in [0.3, 0.4) is 0 Å². The Hall–Kier alpha value is -2.37. The van der Waals surface area contributed by atoms with Gasteiger partial charge in [-0.3, -0.25) is 14.5 Å². The van der Waals surface area contributed by atoms with Crippen LogP contribution in [0.1, 0.15) is 45.1 Å². The molecule has 1 N–H and O–H groups in total. The number of hydrogen-bond donors (Lipinski definition) is 1. The van der Waals surface area contributed by atoms with Gasteiger partial charge in [-0.1, -0.05) is 37.3 Å². The molecule has 4 amide bonds. The van der Waals surface area contributed by atoms with Gasteiger partial charge in [0.1, 0.15) is 12.1 Å². The fourth-order valence-electron chi connectivity index (χ4n) is 3.79. The Labute approximate surface area is 148 Å². The molecular formula is C19H25N3O3. The molecule has 134 valence electrons. The Morgan fingerprint density at radius 2 is 1.96 bits per heavy atom. The predicted octanol–water partition coefficient (Wildman–Crippen LogP) is 2.24. The summed E-state index contributed by atoms with van der Waals surface area (Å²) < 4.78 is 0. The van der Waals surface area contributed by atoms with Crippen molar-refractivity contribution in [3.63, 3.8) is 0 Å². The second kappa shape index (κ2) is 6.86. The highest BCUT2D eigenvalue weighted by Gasteiger charge is 2.49. The minimum absolute atomic E-state index is 0.146. The van der Waals surface area contributed by atoms with Crippen LogP contribution in [0.15, 0.2) is 30.3 Å². The highest BCUT2D eigenvalue weighted by molar-refractivity contribution is 6.09. The molecule has 2 heterocycles. The fraction of sp³-hybridized carbons (Fsp3) is 0.526. The summed E-state index contributed by atoms with van der Waals surface area (Å²) in [6.45, 7) is 4.26. The van der Waals surface area contributed by atoms with E-state index in [0.717, 1.165) is 30.6 Å². The summed E-state index contributed by atoms with van der Waals surface area (Å²) in [6.07, 6.45) is 3.99. The van der Waals surface area contributed by atoms with Crippen molar-refractivity contribution < 1.29 is 14.4 Å². The van der Waals surface area contributed by atoms with E-state index in [1.807, 2.05) is 23.1 Å². The maximum absolute atomic E-state index is 12.9. The van der Waals surface area contributed by atoms with Crippen LogP contribution < -0.4 is 5.32 Å². The lowest BCUT2D eigenvalue weighted by molar-refractivity contribution is -0.141. The van der Waals surface area contributed by atoms with Gasteiger partial charge in [0.15, 0.2) is 0 Å². The number of urea groups is 1. The number of rotatable bonds is 4. The van der Waals surface area contributed by atoms with E-state index in [1.54, 1.807) is 19.1 Å². The molecule has 6 nitrogen and oxygen atoms in total. The van der Waals surface area contributed by atoms with Crippen LogP contribution in [0.4, 0.5) is 4.79 Å². The number of likely N-dealkylation sites (tertiary alicyclic amines) is 1. The van der Waals surface area contributed by atoms with E-state index in [2.05, 4.69) is 12.2 Å². The number of amides is 4. The van der Waals surface area contributed by atoms with Crippen LogP contribution in [0.5, 0.6) is 0 Å². The molecule has 0 bridgehead atoms. The highest BCUT2D eigenvalue weighted by Crippen LogP contribution is 2.29. The lowest BCUT2D eigenvalue weighted by Crippen LogP contribution is -2.49. The third-order valence-electron chi connectivity index (χ3n) is 5.34. The van der Waals surface area contributed by atoms with Crippen molar-refractivity contribution in [2.24, 2.45) is 0 Å². The molecule has 2 saturated heterocycles. The topological polar surface area (TPSA) is 69.7 Å². The van der Waals surface area contributed by atoms with Crippen molar-refractivity contribution in [1.29, 1.82) is 0 Å². The first-order valence-electron chi connectivity index (χ1n) is 8.96. The molecule has 0 spiro atoms. The van der Waals surface area contributed by atoms with Crippen LogP contribution in [0, 0.1) is 0 Å². The molecule has 25 heavy (non-hydrogen) atoms. The van der Waals surface area contributed by atoms with Gasteiger partial charge in [0, 0.05) is 12.6 Å². The fourth-order valence-corrected chi connectivity index (χ4v) is 3.79. The van der Waals surface area contributed by atoms with Gasteiger partial charge < -0.3 is 10.2 Å². The van der Waals surface area contributed by atoms with Crippen molar-refractivity contribution in [3.05, 3.63) is 35.9 Å². The van der Waals surface area contributed by atoms with Gasteiger partial charge in [-0.25, -0.2) is 4.79 Å². The molecule has 2 aliphatic heterocycles. The summed E-state index contributed by atoms with van der Waals surface area (Å²) in [4.78, 5) is 40.8. The standard InChI is InChI=1S/C19H25N3O3/c1-3-15-11-7-8-12-21(15)16(23)13-22-17(24)19(2,20-18(22)25)14-9-5-4-6-10-14/h4-6,9-10,15H,3,7-8,11-13H2,1-2H3,(H,20,25)/t15-,19+/m1/s1. The predicted molar refractivity (Wildman–Crippen MR) is 93.7 cm³/mol. The average Bonchev–Trinajstić information content (AvgIpc) is 2.86.